The number of carbonyl (C=O) groups excluding carboxylic acids is 2. The Morgan fingerprint density at radius 2 is 1.97 bits per heavy atom. The fraction of sp³-hybridized carbons (Fsp3) is 0.381. The molecule has 160 valence electrons. The molecule has 3 heterocycles. The molecule has 3 aromatic rings. The van der Waals surface area contributed by atoms with E-state index < -0.39 is 22.8 Å². The van der Waals surface area contributed by atoms with Gasteiger partial charge < -0.3 is 20.7 Å². The molecule has 31 heavy (non-hydrogen) atoms. The average Bonchev–Trinajstić information content (AvgIpc) is 3.15. The van der Waals surface area contributed by atoms with E-state index >= 15 is 0 Å². The maximum atomic E-state index is 12.8. The van der Waals surface area contributed by atoms with Crippen LogP contribution in [-0.2, 0) is 20.4 Å². The van der Waals surface area contributed by atoms with Gasteiger partial charge in [0.25, 0.3) is 0 Å². The number of hydrogen-bond acceptors (Lipinski definition) is 5. The Hall–Kier alpha value is -3.69. The van der Waals surface area contributed by atoms with Crippen LogP contribution >= 0.6 is 0 Å². The van der Waals surface area contributed by atoms with Gasteiger partial charge in [0.05, 0.1) is 27.8 Å². The molecule has 5 rings (SSSR count). The second-order valence-corrected chi connectivity index (χ2v) is 8.70. The number of benzene rings is 1. The first-order valence-corrected chi connectivity index (χ1v) is 10.1. The zero-order chi connectivity index (χ0) is 22.3. The summed E-state index contributed by atoms with van der Waals surface area (Å²) >= 11 is 0. The number of carboxylic acids is 1. The summed E-state index contributed by atoms with van der Waals surface area (Å²) in [5.41, 5.74) is 7.36. The van der Waals surface area contributed by atoms with E-state index in [1.165, 1.54) is 0 Å². The Morgan fingerprint density at radius 1 is 1.26 bits per heavy atom. The summed E-state index contributed by atoms with van der Waals surface area (Å²) < 4.78 is 0.949. The van der Waals surface area contributed by atoms with E-state index in [9.17, 15) is 19.5 Å². The number of hydrogen-bond donors (Lipinski definition) is 3. The molecule has 0 spiro atoms. The second-order valence-electron chi connectivity index (χ2n) is 8.70. The van der Waals surface area contributed by atoms with Crippen molar-refractivity contribution in [2.45, 2.75) is 44.4 Å². The lowest BCUT2D eigenvalue weighted by Gasteiger charge is -2.18. The molecule has 1 aliphatic heterocycles. The summed E-state index contributed by atoms with van der Waals surface area (Å²) in [6.07, 6.45) is 0.840. The van der Waals surface area contributed by atoms with Crippen molar-refractivity contribution in [3.63, 3.8) is 0 Å². The highest BCUT2D eigenvalue weighted by molar-refractivity contribution is 6.09. The lowest BCUT2D eigenvalue weighted by molar-refractivity contribution is -0.140. The maximum absolute atomic E-state index is 12.8. The minimum absolute atomic E-state index is 0.0473. The largest absolute Gasteiger partial charge is 0.481 e. The van der Waals surface area contributed by atoms with Crippen molar-refractivity contribution >= 4 is 34.6 Å². The molecule has 0 bridgehead atoms. The van der Waals surface area contributed by atoms with Gasteiger partial charge in [-0.05, 0) is 57.4 Å². The zero-order valence-corrected chi connectivity index (χ0v) is 17.4. The lowest BCUT2D eigenvalue weighted by Crippen LogP contribution is -2.35. The number of aromatic amines is 1. The fourth-order valence-electron chi connectivity index (χ4n) is 4.48. The van der Waals surface area contributed by atoms with Crippen molar-refractivity contribution in [1.82, 2.24) is 19.7 Å². The van der Waals surface area contributed by atoms with Crippen molar-refractivity contribution in [3.8, 4) is 11.5 Å². The number of anilines is 1. The molecule has 2 amide bonds. The second kappa shape index (κ2) is 5.93. The highest BCUT2D eigenvalue weighted by Crippen LogP contribution is 2.49. The molecular weight excluding hydrogens is 400 g/mol. The van der Waals surface area contributed by atoms with Gasteiger partial charge in [0.1, 0.15) is 11.1 Å². The number of nitrogens with one attached hydrogen (secondary N) is 1. The van der Waals surface area contributed by atoms with Crippen LogP contribution in [0, 0.1) is 0 Å². The molecule has 1 aromatic carbocycles. The number of imidazole rings is 1. The van der Waals surface area contributed by atoms with E-state index in [2.05, 4.69) is 15.1 Å². The number of likely N-dealkylation sites (N-methyl/N-ethyl adjacent to an activating group) is 1. The van der Waals surface area contributed by atoms with Gasteiger partial charge in [0.2, 0.25) is 5.91 Å². The molecule has 2 aliphatic rings. The van der Waals surface area contributed by atoms with Gasteiger partial charge in [-0.2, -0.15) is 9.78 Å². The topological polar surface area (TPSA) is 147 Å². The highest BCUT2D eigenvalue weighted by Gasteiger charge is 2.55. The Labute approximate surface area is 177 Å². The Morgan fingerprint density at radius 3 is 2.55 bits per heavy atom. The number of rotatable bonds is 4. The molecule has 1 aliphatic carbocycles. The predicted molar refractivity (Wildman–Crippen MR) is 112 cm³/mol. The molecule has 0 saturated heterocycles. The van der Waals surface area contributed by atoms with E-state index in [4.69, 9.17) is 5.73 Å². The van der Waals surface area contributed by atoms with Crippen molar-refractivity contribution < 1.29 is 19.5 Å². The minimum atomic E-state index is -1.14. The van der Waals surface area contributed by atoms with Crippen LogP contribution in [0.5, 0.6) is 0 Å². The number of nitrogens with zero attached hydrogens (tertiary/aromatic N) is 4. The van der Waals surface area contributed by atoms with Crippen LogP contribution in [0.2, 0.25) is 0 Å². The van der Waals surface area contributed by atoms with Gasteiger partial charge in [0.15, 0.2) is 5.82 Å². The SMILES string of the molecule is CCN1C(=O)C(C)(C)c2cc3[nH]c(-c4cc(C5(C(=O)O)CC5)n(C(N)=O)n4)nc3cc21. The number of aliphatic carboxylic acids is 1. The molecule has 1 saturated carbocycles. The van der Waals surface area contributed by atoms with Crippen LogP contribution in [0.4, 0.5) is 10.5 Å². The molecule has 0 radical (unpaired) electrons. The van der Waals surface area contributed by atoms with Gasteiger partial charge >= 0.3 is 12.0 Å². The zero-order valence-electron chi connectivity index (χ0n) is 17.4. The summed E-state index contributed by atoms with van der Waals surface area (Å²) in [5, 5.41) is 13.9. The first kappa shape index (κ1) is 19.3. The summed E-state index contributed by atoms with van der Waals surface area (Å²) in [7, 11) is 0. The van der Waals surface area contributed by atoms with Gasteiger partial charge in [-0.1, -0.05) is 0 Å². The van der Waals surface area contributed by atoms with E-state index in [1.807, 2.05) is 32.9 Å². The van der Waals surface area contributed by atoms with E-state index in [-0.39, 0.29) is 11.6 Å². The number of carbonyl (C=O) groups is 3. The van der Waals surface area contributed by atoms with Crippen LogP contribution in [0.3, 0.4) is 0 Å². The third-order valence-electron chi connectivity index (χ3n) is 6.47. The predicted octanol–water partition coefficient (Wildman–Crippen LogP) is 2.11. The Bertz CT molecular complexity index is 1300. The van der Waals surface area contributed by atoms with E-state index in [1.54, 1.807) is 11.0 Å². The third kappa shape index (κ3) is 2.47. The quantitative estimate of drug-likeness (QED) is 0.587. The Kier molecular flexibility index (Phi) is 3.69. The van der Waals surface area contributed by atoms with Crippen LogP contribution in [0.15, 0.2) is 18.2 Å². The number of amides is 2. The number of fused-ring (bicyclic) bond motifs is 2. The van der Waals surface area contributed by atoms with E-state index in [0.29, 0.717) is 36.4 Å². The number of primary amides is 1. The first-order chi connectivity index (χ1) is 14.6. The molecule has 2 aromatic heterocycles. The number of aromatic nitrogens is 4. The molecule has 10 nitrogen and oxygen atoms in total. The van der Waals surface area contributed by atoms with Gasteiger partial charge in [-0.3, -0.25) is 9.59 Å². The van der Waals surface area contributed by atoms with Crippen LogP contribution in [-0.4, -0.2) is 49.3 Å². The van der Waals surface area contributed by atoms with Crippen molar-refractivity contribution in [2.24, 2.45) is 5.73 Å². The monoisotopic (exact) mass is 422 g/mol. The van der Waals surface area contributed by atoms with Crippen LogP contribution in [0.25, 0.3) is 22.6 Å². The molecule has 0 unspecified atom stereocenters. The maximum Gasteiger partial charge on any atom is 0.339 e. The third-order valence-corrected chi connectivity index (χ3v) is 6.47. The molecule has 4 N–H and O–H groups in total. The summed E-state index contributed by atoms with van der Waals surface area (Å²) in [6.45, 7) is 6.28. The minimum Gasteiger partial charge on any atom is -0.481 e. The van der Waals surface area contributed by atoms with Crippen LogP contribution in [0.1, 0.15) is 44.9 Å². The van der Waals surface area contributed by atoms with Crippen LogP contribution < -0.4 is 10.6 Å². The fourth-order valence-corrected chi connectivity index (χ4v) is 4.48. The normalized spacial score (nSPS) is 18.4. The standard InChI is InChI=1S/C21H22N6O4/c1-4-26-14-8-12-11(7-10(14)20(2,3)17(26)28)23-16(24-12)13-9-15(27(25-13)19(22)31)21(5-6-21)18(29)30/h7-9H,4-6H2,1-3H3,(H2,22,31)(H,23,24)(H,29,30). The summed E-state index contributed by atoms with van der Waals surface area (Å²) in [4.78, 5) is 45.9. The average molecular weight is 422 g/mol. The highest BCUT2D eigenvalue weighted by atomic mass is 16.4. The van der Waals surface area contributed by atoms with Crippen molar-refractivity contribution in [3.05, 3.63) is 29.5 Å². The summed E-state index contributed by atoms with van der Waals surface area (Å²) in [6, 6.07) is 4.50. The molecular formula is C21H22N6O4. The Balaban J connectivity index is 1.64. The molecule has 0 atom stereocenters. The van der Waals surface area contributed by atoms with Gasteiger partial charge in [0, 0.05) is 6.54 Å². The molecule has 10 heteroatoms. The first-order valence-electron chi connectivity index (χ1n) is 10.1. The number of carboxylic acid groups (broad SMARTS) is 1. The smallest absolute Gasteiger partial charge is 0.339 e. The molecule has 1 fully saturated rings. The van der Waals surface area contributed by atoms with Crippen molar-refractivity contribution in [2.75, 3.05) is 11.4 Å². The van der Waals surface area contributed by atoms with E-state index in [0.717, 1.165) is 21.4 Å². The van der Waals surface area contributed by atoms with Crippen molar-refractivity contribution in [1.29, 1.82) is 0 Å². The number of H-pyrrole nitrogens is 1. The lowest BCUT2D eigenvalue weighted by atomic mass is 9.86. The van der Waals surface area contributed by atoms with Gasteiger partial charge in [-0.15, -0.1) is 0 Å². The van der Waals surface area contributed by atoms with Gasteiger partial charge in [-0.25, -0.2) is 9.78 Å². The summed E-state index contributed by atoms with van der Waals surface area (Å²) in [5.74, 6) is -0.562. The number of nitrogens with two attached hydrogens (primary N) is 1.